The molecule has 0 aliphatic heterocycles. The van der Waals surface area contributed by atoms with Gasteiger partial charge in [-0.1, -0.05) is 42.5 Å². The van der Waals surface area contributed by atoms with Gasteiger partial charge in [0, 0.05) is 28.4 Å². The Morgan fingerprint density at radius 3 is 2.52 bits per heavy atom. The number of thiazole rings is 1. The summed E-state index contributed by atoms with van der Waals surface area (Å²) in [4.78, 5) is 16.9. The van der Waals surface area contributed by atoms with Gasteiger partial charge in [0.25, 0.3) is 0 Å². The standard InChI is InChI=1S/C22H16N4O2S/c1-28-22(27)20-19(24)16(11-23)12-26(20)17-9-7-14(8-10-17)18-13-29-21(25-18)15-5-3-2-4-6-15/h2-10,12-13H,24H2,1H3. The zero-order chi connectivity index (χ0) is 20.4. The van der Waals surface area contributed by atoms with Crippen molar-refractivity contribution in [1.29, 1.82) is 5.26 Å². The summed E-state index contributed by atoms with van der Waals surface area (Å²) < 4.78 is 6.39. The fraction of sp³-hybridized carbons (Fsp3) is 0.0455. The first-order valence-corrected chi connectivity index (χ1v) is 9.61. The average Bonchev–Trinajstić information content (AvgIpc) is 3.39. The number of nitrogen functional groups attached to an aromatic ring is 1. The van der Waals surface area contributed by atoms with Crippen LogP contribution < -0.4 is 5.73 Å². The minimum Gasteiger partial charge on any atom is -0.464 e. The zero-order valence-electron chi connectivity index (χ0n) is 15.5. The Morgan fingerprint density at radius 1 is 1.14 bits per heavy atom. The van der Waals surface area contributed by atoms with E-state index in [1.807, 2.05) is 66.0 Å². The molecule has 0 radical (unpaired) electrons. The van der Waals surface area contributed by atoms with Crippen molar-refractivity contribution in [2.75, 3.05) is 12.8 Å². The number of hydrogen-bond donors (Lipinski definition) is 1. The van der Waals surface area contributed by atoms with Crippen LogP contribution in [-0.2, 0) is 4.74 Å². The van der Waals surface area contributed by atoms with Gasteiger partial charge in [-0.15, -0.1) is 11.3 Å². The number of esters is 1. The first-order valence-electron chi connectivity index (χ1n) is 8.73. The lowest BCUT2D eigenvalue weighted by Gasteiger charge is -2.09. The molecule has 4 aromatic rings. The summed E-state index contributed by atoms with van der Waals surface area (Å²) in [5, 5.41) is 12.2. The molecular weight excluding hydrogens is 384 g/mol. The molecule has 0 bridgehead atoms. The quantitative estimate of drug-likeness (QED) is 0.509. The second-order valence-corrected chi connectivity index (χ2v) is 7.09. The Labute approximate surface area is 171 Å². The first-order chi connectivity index (χ1) is 14.1. The Kier molecular flexibility index (Phi) is 4.85. The van der Waals surface area contributed by atoms with Crippen molar-refractivity contribution in [3.8, 4) is 33.6 Å². The number of anilines is 1. The fourth-order valence-electron chi connectivity index (χ4n) is 3.03. The summed E-state index contributed by atoms with van der Waals surface area (Å²) in [7, 11) is 1.28. The first kappa shape index (κ1) is 18.5. The predicted molar refractivity (Wildman–Crippen MR) is 113 cm³/mol. The minimum atomic E-state index is -0.597. The van der Waals surface area contributed by atoms with Crippen molar-refractivity contribution in [1.82, 2.24) is 9.55 Å². The molecule has 2 N–H and O–H groups in total. The van der Waals surface area contributed by atoms with Crippen LogP contribution in [-0.4, -0.2) is 22.6 Å². The summed E-state index contributed by atoms with van der Waals surface area (Å²) in [6.07, 6.45) is 1.53. The lowest BCUT2D eigenvalue weighted by Crippen LogP contribution is -2.11. The Balaban J connectivity index is 1.69. The van der Waals surface area contributed by atoms with E-state index in [9.17, 15) is 10.1 Å². The van der Waals surface area contributed by atoms with Crippen LogP contribution in [0.2, 0.25) is 0 Å². The molecule has 0 saturated heterocycles. The summed E-state index contributed by atoms with van der Waals surface area (Å²) in [6.45, 7) is 0. The monoisotopic (exact) mass is 400 g/mol. The second kappa shape index (κ2) is 7.62. The second-order valence-electron chi connectivity index (χ2n) is 6.23. The third kappa shape index (κ3) is 3.37. The summed E-state index contributed by atoms with van der Waals surface area (Å²) >= 11 is 1.59. The summed E-state index contributed by atoms with van der Waals surface area (Å²) in [5.41, 5.74) is 10.0. The number of hydrogen-bond acceptors (Lipinski definition) is 6. The van der Waals surface area contributed by atoms with E-state index in [1.165, 1.54) is 13.3 Å². The van der Waals surface area contributed by atoms with E-state index in [0.29, 0.717) is 5.69 Å². The van der Waals surface area contributed by atoms with Crippen LogP contribution in [0.25, 0.3) is 27.5 Å². The molecule has 7 heteroatoms. The average molecular weight is 400 g/mol. The van der Waals surface area contributed by atoms with Crippen LogP contribution in [0.3, 0.4) is 0 Å². The number of benzene rings is 2. The van der Waals surface area contributed by atoms with Gasteiger partial charge in [-0.05, 0) is 12.1 Å². The molecule has 142 valence electrons. The van der Waals surface area contributed by atoms with Crippen molar-refractivity contribution in [2.24, 2.45) is 0 Å². The lowest BCUT2D eigenvalue weighted by atomic mass is 10.1. The molecule has 0 aliphatic rings. The van der Waals surface area contributed by atoms with Gasteiger partial charge in [-0.2, -0.15) is 5.26 Å². The maximum absolute atomic E-state index is 12.1. The van der Waals surface area contributed by atoms with Crippen molar-refractivity contribution >= 4 is 23.0 Å². The van der Waals surface area contributed by atoms with Gasteiger partial charge in [-0.3, -0.25) is 0 Å². The molecule has 4 rings (SSSR count). The van der Waals surface area contributed by atoms with Crippen molar-refractivity contribution in [2.45, 2.75) is 0 Å². The van der Waals surface area contributed by atoms with Crippen LogP contribution in [0, 0.1) is 11.3 Å². The largest absolute Gasteiger partial charge is 0.464 e. The fourth-order valence-corrected chi connectivity index (χ4v) is 3.87. The molecule has 6 nitrogen and oxygen atoms in total. The highest BCUT2D eigenvalue weighted by Crippen LogP contribution is 2.30. The highest BCUT2D eigenvalue weighted by Gasteiger charge is 2.21. The predicted octanol–water partition coefficient (Wildman–Crippen LogP) is 4.51. The van der Waals surface area contributed by atoms with Gasteiger partial charge in [0.1, 0.15) is 11.1 Å². The number of nitrogens with zero attached hydrogens (tertiary/aromatic N) is 3. The highest BCUT2D eigenvalue weighted by atomic mass is 32.1. The third-order valence-electron chi connectivity index (χ3n) is 4.51. The Hall–Kier alpha value is -3.89. The van der Waals surface area contributed by atoms with Crippen LogP contribution in [0.4, 0.5) is 5.69 Å². The lowest BCUT2D eigenvalue weighted by molar-refractivity contribution is 0.0593. The van der Waals surface area contributed by atoms with Gasteiger partial charge >= 0.3 is 5.97 Å². The van der Waals surface area contributed by atoms with Crippen molar-refractivity contribution in [3.05, 3.63) is 77.4 Å². The van der Waals surface area contributed by atoms with Crippen LogP contribution in [0.5, 0.6) is 0 Å². The number of methoxy groups -OCH3 is 1. The molecule has 0 unspecified atom stereocenters. The van der Waals surface area contributed by atoms with E-state index >= 15 is 0 Å². The number of rotatable bonds is 4. The van der Waals surface area contributed by atoms with Gasteiger partial charge in [0.2, 0.25) is 0 Å². The van der Waals surface area contributed by atoms with Crippen molar-refractivity contribution < 1.29 is 9.53 Å². The molecule has 0 spiro atoms. The summed E-state index contributed by atoms with van der Waals surface area (Å²) in [6, 6.07) is 19.6. The molecule has 29 heavy (non-hydrogen) atoms. The molecule has 0 saturated carbocycles. The van der Waals surface area contributed by atoms with E-state index in [2.05, 4.69) is 0 Å². The van der Waals surface area contributed by atoms with E-state index < -0.39 is 5.97 Å². The molecule has 0 amide bonds. The van der Waals surface area contributed by atoms with Gasteiger partial charge in [0.15, 0.2) is 5.69 Å². The summed E-state index contributed by atoms with van der Waals surface area (Å²) in [5.74, 6) is -0.597. The number of aromatic nitrogens is 2. The molecule has 2 aromatic heterocycles. The maximum Gasteiger partial charge on any atom is 0.357 e. The van der Waals surface area contributed by atoms with E-state index in [-0.39, 0.29) is 16.9 Å². The van der Waals surface area contributed by atoms with Gasteiger partial charge in [-0.25, -0.2) is 9.78 Å². The van der Waals surface area contributed by atoms with Crippen LogP contribution >= 0.6 is 11.3 Å². The number of nitrogens with two attached hydrogens (primary N) is 1. The van der Waals surface area contributed by atoms with E-state index in [4.69, 9.17) is 15.5 Å². The Bertz CT molecular complexity index is 1220. The van der Waals surface area contributed by atoms with Gasteiger partial charge < -0.3 is 15.0 Å². The topological polar surface area (TPSA) is 93.9 Å². The molecular formula is C22H16N4O2S. The Morgan fingerprint density at radius 2 is 1.86 bits per heavy atom. The van der Waals surface area contributed by atoms with Crippen molar-refractivity contribution in [3.63, 3.8) is 0 Å². The normalized spacial score (nSPS) is 10.5. The zero-order valence-corrected chi connectivity index (χ0v) is 16.3. The number of nitriles is 1. The molecule has 0 atom stereocenters. The molecule has 2 aromatic carbocycles. The molecule has 0 fully saturated rings. The van der Waals surface area contributed by atoms with E-state index in [0.717, 1.165) is 21.8 Å². The van der Waals surface area contributed by atoms with Crippen LogP contribution in [0.1, 0.15) is 16.1 Å². The third-order valence-corrected chi connectivity index (χ3v) is 5.40. The highest BCUT2D eigenvalue weighted by molar-refractivity contribution is 7.13. The number of carbonyl (C=O) groups is 1. The smallest absolute Gasteiger partial charge is 0.357 e. The number of carbonyl (C=O) groups excluding carboxylic acids is 1. The molecule has 0 aliphatic carbocycles. The molecule has 2 heterocycles. The van der Waals surface area contributed by atoms with Gasteiger partial charge in [0.05, 0.1) is 24.1 Å². The van der Waals surface area contributed by atoms with Crippen LogP contribution in [0.15, 0.2) is 66.2 Å². The van der Waals surface area contributed by atoms with E-state index in [1.54, 1.807) is 15.9 Å². The SMILES string of the molecule is COC(=O)c1c(N)c(C#N)cn1-c1ccc(-c2csc(-c3ccccc3)n2)cc1. The number of ether oxygens (including phenoxy) is 1. The maximum atomic E-state index is 12.1. The minimum absolute atomic E-state index is 0.107.